The summed E-state index contributed by atoms with van der Waals surface area (Å²) in [4.78, 5) is 38.3. The molecule has 1 heterocycles. The van der Waals surface area contributed by atoms with Gasteiger partial charge in [0.1, 0.15) is 29.5 Å². The zero-order chi connectivity index (χ0) is 41.0. The first-order chi connectivity index (χ1) is 26.3. The molecule has 19 heteroatoms. The Bertz CT molecular complexity index is 2320. The van der Waals surface area contributed by atoms with Crippen molar-refractivity contribution < 1.29 is 90.2 Å². The maximum Gasteiger partial charge on any atom is 0.338 e. The van der Waals surface area contributed by atoms with E-state index in [4.69, 9.17) is 14.2 Å². The van der Waals surface area contributed by atoms with E-state index in [1.807, 2.05) is 0 Å². The summed E-state index contributed by atoms with van der Waals surface area (Å²) in [5, 5.41) is 133. The van der Waals surface area contributed by atoms with Gasteiger partial charge in [0, 0.05) is 42.5 Å². The van der Waals surface area contributed by atoms with Crippen molar-refractivity contribution in [3.8, 4) is 51.7 Å². The molecule has 0 bridgehead atoms. The number of phenols is 7. The zero-order valence-electron chi connectivity index (χ0n) is 28.5. The summed E-state index contributed by atoms with van der Waals surface area (Å²) < 4.78 is 17.0. The molecular formula is C37H34O19. The van der Waals surface area contributed by atoms with Crippen LogP contribution in [0.2, 0.25) is 0 Å². The number of hydrogen-bond donors (Lipinski definition) is 13. The topological polar surface area (TPSA) is 342 Å². The van der Waals surface area contributed by atoms with Crippen molar-refractivity contribution in [2.24, 2.45) is 0 Å². The Labute approximate surface area is 313 Å². The predicted molar refractivity (Wildman–Crippen MR) is 186 cm³/mol. The highest BCUT2D eigenvalue weighted by Gasteiger charge is 2.50. The SMILES string of the molecule is O=C(O[C@@H]1Cc2c(O)cc(O)cc2O[C@@H]1c1cc(=O)c(O)c2c(O)c(O)cc(/C=C/C(O)OC3CC(O)(C(=O)O)CC(O)C3O)c2c1)c1cc(O)c(O)c(O)c1. The lowest BCUT2D eigenvalue weighted by atomic mass is 9.79. The fourth-order valence-electron chi connectivity index (χ4n) is 6.67. The molecule has 5 unspecified atom stereocenters. The molecule has 0 spiro atoms. The first kappa shape index (κ1) is 39.2. The van der Waals surface area contributed by atoms with E-state index in [-0.39, 0.29) is 34.2 Å². The highest BCUT2D eigenvalue weighted by atomic mass is 16.6. The lowest BCUT2D eigenvalue weighted by Gasteiger charge is -2.40. The number of esters is 1. The number of aliphatic hydroxyl groups is 4. The summed E-state index contributed by atoms with van der Waals surface area (Å²) in [6, 6.07) is 6.65. The third kappa shape index (κ3) is 7.31. The number of benzene rings is 3. The van der Waals surface area contributed by atoms with E-state index in [9.17, 15) is 80.8 Å². The molecule has 0 amide bonds. The quantitative estimate of drug-likeness (QED) is 0.0667. The van der Waals surface area contributed by atoms with E-state index in [1.54, 1.807) is 0 Å². The molecule has 56 heavy (non-hydrogen) atoms. The summed E-state index contributed by atoms with van der Waals surface area (Å²) in [6.07, 6.45) is -9.84. The number of carboxylic acids is 1. The smallest absolute Gasteiger partial charge is 0.338 e. The Hall–Kier alpha value is -6.51. The van der Waals surface area contributed by atoms with Crippen LogP contribution in [0.1, 0.15) is 46.0 Å². The van der Waals surface area contributed by atoms with Gasteiger partial charge in [-0.1, -0.05) is 6.08 Å². The van der Waals surface area contributed by atoms with Gasteiger partial charge in [0.25, 0.3) is 0 Å². The van der Waals surface area contributed by atoms with E-state index in [2.05, 4.69) is 0 Å². The van der Waals surface area contributed by atoms with Crippen LogP contribution in [-0.4, -0.2) is 115 Å². The maximum atomic E-state index is 13.4. The number of carbonyl (C=O) groups excluding carboxylic acids is 1. The van der Waals surface area contributed by atoms with Crippen LogP contribution in [0.4, 0.5) is 0 Å². The highest BCUT2D eigenvalue weighted by Crippen LogP contribution is 2.46. The summed E-state index contributed by atoms with van der Waals surface area (Å²) in [7, 11) is 0. The Morgan fingerprint density at radius 1 is 0.821 bits per heavy atom. The van der Waals surface area contributed by atoms with Crippen molar-refractivity contribution in [2.45, 2.75) is 61.7 Å². The van der Waals surface area contributed by atoms with Gasteiger partial charge in [-0.3, -0.25) is 4.79 Å². The number of phenolic OH excluding ortho intramolecular Hbond substituents is 7. The minimum Gasteiger partial charge on any atom is -0.508 e. The second-order valence-corrected chi connectivity index (χ2v) is 13.3. The highest BCUT2D eigenvalue weighted by molar-refractivity contribution is 6.00. The van der Waals surface area contributed by atoms with E-state index in [0.29, 0.717) is 0 Å². The van der Waals surface area contributed by atoms with Gasteiger partial charge in [-0.2, -0.15) is 0 Å². The maximum absolute atomic E-state index is 13.4. The summed E-state index contributed by atoms with van der Waals surface area (Å²) >= 11 is 0. The molecule has 1 aliphatic heterocycles. The normalized spacial score (nSPS) is 24.0. The molecular weight excluding hydrogens is 748 g/mol. The molecule has 2 aliphatic rings. The summed E-state index contributed by atoms with van der Waals surface area (Å²) in [5.74, 6) is -9.48. The van der Waals surface area contributed by atoms with E-state index >= 15 is 0 Å². The van der Waals surface area contributed by atoms with Gasteiger partial charge in [-0.15, -0.1) is 0 Å². The number of aromatic hydroxyl groups is 8. The van der Waals surface area contributed by atoms with Gasteiger partial charge in [0.2, 0.25) is 5.43 Å². The Morgan fingerprint density at radius 3 is 2.14 bits per heavy atom. The Kier molecular flexibility index (Phi) is 10.2. The summed E-state index contributed by atoms with van der Waals surface area (Å²) in [6.45, 7) is 0. The van der Waals surface area contributed by atoms with Gasteiger partial charge in [0.15, 0.2) is 52.5 Å². The van der Waals surface area contributed by atoms with Crippen molar-refractivity contribution in [1.29, 1.82) is 0 Å². The van der Waals surface area contributed by atoms with Gasteiger partial charge >= 0.3 is 11.9 Å². The minimum absolute atomic E-state index is 0.0428. The van der Waals surface area contributed by atoms with Gasteiger partial charge < -0.3 is 80.6 Å². The zero-order valence-corrected chi connectivity index (χ0v) is 28.5. The molecule has 1 aliphatic carbocycles. The average molecular weight is 783 g/mol. The first-order valence-electron chi connectivity index (χ1n) is 16.5. The van der Waals surface area contributed by atoms with Crippen LogP contribution >= 0.6 is 0 Å². The third-order valence-electron chi connectivity index (χ3n) is 9.50. The van der Waals surface area contributed by atoms with Crippen molar-refractivity contribution >= 4 is 28.8 Å². The van der Waals surface area contributed by atoms with Crippen molar-refractivity contribution in [1.82, 2.24) is 0 Å². The van der Waals surface area contributed by atoms with Gasteiger partial charge in [-0.05, 0) is 47.4 Å². The first-order valence-corrected chi connectivity index (χ1v) is 16.5. The number of rotatable bonds is 8. The lowest BCUT2D eigenvalue weighted by Crippen LogP contribution is -2.57. The van der Waals surface area contributed by atoms with Crippen LogP contribution < -0.4 is 10.2 Å². The number of hydrogen-bond acceptors (Lipinski definition) is 18. The van der Waals surface area contributed by atoms with E-state index < -0.39 is 130 Å². The second-order valence-electron chi connectivity index (χ2n) is 13.3. The van der Waals surface area contributed by atoms with Crippen LogP contribution in [0, 0.1) is 0 Å². The van der Waals surface area contributed by atoms with Crippen LogP contribution in [0.25, 0.3) is 16.8 Å². The van der Waals surface area contributed by atoms with Gasteiger partial charge in [0.05, 0.1) is 23.2 Å². The van der Waals surface area contributed by atoms with Crippen molar-refractivity contribution in [2.75, 3.05) is 0 Å². The molecule has 1 saturated carbocycles. The molecule has 6 rings (SSSR count). The molecule has 0 saturated heterocycles. The van der Waals surface area contributed by atoms with Crippen molar-refractivity contribution in [3.63, 3.8) is 0 Å². The number of fused-ring (bicyclic) bond motifs is 2. The average Bonchev–Trinajstić information content (AvgIpc) is 3.25. The molecule has 0 aromatic heterocycles. The largest absolute Gasteiger partial charge is 0.508 e. The standard InChI is InChI=1S/C37H34O19/c38-16-8-19(39)18-10-26(56-35(50)15-6-20(40)30(46)21(41)7-15)34(55-25(18)9-16)14-3-17-13(4-22(42)32(48)29(17)33(49)23(43)5-14)1-2-28(45)54-27-12-37(53,36(51)52)11-24(44)31(27)47/h1-9,24,26-28,31,34,38-42,44-48,53H,10-12H2,(H,43,49)(H,51,52)/b2-1+/t24?,26-,27?,28?,31?,34-,37?/m1/s1. The third-order valence-corrected chi connectivity index (χ3v) is 9.50. The summed E-state index contributed by atoms with van der Waals surface area (Å²) in [5.41, 5.74) is -4.36. The van der Waals surface area contributed by atoms with Gasteiger partial charge in [-0.25, -0.2) is 9.59 Å². The number of carboxylic acid groups (broad SMARTS) is 1. The second kappa shape index (κ2) is 14.6. The number of ether oxygens (including phenoxy) is 3. The van der Waals surface area contributed by atoms with Crippen LogP contribution in [0.5, 0.6) is 51.7 Å². The molecule has 4 aromatic carbocycles. The predicted octanol–water partition coefficient (Wildman–Crippen LogP) is 0.795. The lowest BCUT2D eigenvalue weighted by molar-refractivity contribution is -0.216. The fourth-order valence-corrected chi connectivity index (χ4v) is 6.67. The molecule has 296 valence electrons. The number of aliphatic hydroxyl groups excluding tert-OH is 3. The van der Waals surface area contributed by atoms with Crippen LogP contribution in [0.15, 0.2) is 53.3 Å². The Balaban J connectivity index is 1.43. The molecule has 4 aromatic rings. The Morgan fingerprint density at radius 2 is 1.48 bits per heavy atom. The van der Waals surface area contributed by atoms with E-state index in [0.717, 1.165) is 48.6 Å². The van der Waals surface area contributed by atoms with Crippen molar-refractivity contribution in [3.05, 3.63) is 81.0 Å². The number of carbonyl (C=O) groups is 2. The molecule has 13 N–H and O–H groups in total. The molecule has 19 nitrogen and oxygen atoms in total. The van der Waals surface area contributed by atoms with Crippen LogP contribution in [0.3, 0.4) is 0 Å². The fraction of sp³-hybridized carbons (Fsp3) is 0.270. The van der Waals surface area contributed by atoms with E-state index in [1.165, 1.54) is 6.07 Å². The monoisotopic (exact) mass is 782 g/mol. The molecule has 7 atom stereocenters. The number of aliphatic carboxylic acids is 1. The molecule has 0 radical (unpaired) electrons. The minimum atomic E-state index is -2.50. The van der Waals surface area contributed by atoms with Crippen LogP contribution in [-0.2, 0) is 20.7 Å². The molecule has 1 fully saturated rings.